The van der Waals surface area contributed by atoms with Gasteiger partial charge in [0.05, 0.1) is 6.04 Å². The van der Waals surface area contributed by atoms with Crippen LogP contribution in [-0.2, 0) is 10.3 Å². The molecule has 1 unspecified atom stereocenters. The maximum atomic E-state index is 5.95. The van der Waals surface area contributed by atoms with Gasteiger partial charge in [-0.25, -0.2) is 0 Å². The van der Waals surface area contributed by atoms with Gasteiger partial charge in [0, 0.05) is 6.61 Å². The number of hydrogen-bond donors (Lipinski definition) is 1. The molecule has 1 aliphatic carbocycles. The lowest BCUT2D eigenvalue weighted by Crippen LogP contribution is -2.28. The summed E-state index contributed by atoms with van der Waals surface area (Å²) in [6, 6.07) is 0.242. The summed E-state index contributed by atoms with van der Waals surface area (Å²) in [5.74, 6) is 1.49. The van der Waals surface area contributed by atoms with Crippen LogP contribution in [0.2, 0.25) is 0 Å². The molecule has 18 heavy (non-hydrogen) atoms. The Labute approximate surface area is 107 Å². The summed E-state index contributed by atoms with van der Waals surface area (Å²) in [6.07, 6.45) is 6.66. The van der Waals surface area contributed by atoms with E-state index < -0.39 is 0 Å². The summed E-state index contributed by atoms with van der Waals surface area (Å²) in [5.41, 5.74) is -0.283. The van der Waals surface area contributed by atoms with E-state index in [0.29, 0.717) is 6.61 Å². The number of aromatic nitrogens is 2. The van der Waals surface area contributed by atoms with Crippen molar-refractivity contribution in [3.63, 3.8) is 0 Å². The first-order chi connectivity index (χ1) is 8.84. The Bertz CT molecular complexity index is 393. The van der Waals surface area contributed by atoms with E-state index in [1.807, 2.05) is 6.92 Å². The van der Waals surface area contributed by atoms with Crippen LogP contribution in [0.1, 0.15) is 63.2 Å². The van der Waals surface area contributed by atoms with E-state index in [4.69, 9.17) is 9.26 Å². The second kappa shape index (κ2) is 4.97. The second-order valence-electron chi connectivity index (χ2n) is 5.24. The minimum atomic E-state index is -0.283. The van der Waals surface area contributed by atoms with Crippen molar-refractivity contribution in [2.24, 2.45) is 0 Å². The highest BCUT2D eigenvalue weighted by atomic mass is 16.5. The molecule has 2 fully saturated rings. The van der Waals surface area contributed by atoms with Gasteiger partial charge in [0.25, 0.3) is 0 Å². The Morgan fingerprint density at radius 1 is 1.39 bits per heavy atom. The maximum absolute atomic E-state index is 5.95. The van der Waals surface area contributed by atoms with Crippen molar-refractivity contribution in [3.05, 3.63) is 11.7 Å². The van der Waals surface area contributed by atoms with Gasteiger partial charge in [-0.05, 0) is 52.0 Å². The van der Waals surface area contributed by atoms with E-state index in [-0.39, 0.29) is 11.6 Å². The van der Waals surface area contributed by atoms with Crippen molar-refractivity contribution < 1.29 is 9.26 Å². The zero-order valence-corrected chi connectivity index (χ0v) is 10.9. The predicted molar refractivity (Wildman–Crippen MR) is 66.0 cm³/mol. The Balaban J connectivity index is 1.82. The van der Waals surface area contributed by atoms with Gasteiger partial charge in [-0.2, -0.15) is 4.98 Å². The van der Waals surface area contributed by atoms with Crippen molar-refractivity contribution in [1.29, 1.82) is 0 Å². The first-order valence-electron chi connectivity index (χ1n) is 7.05. The summed E-state index contributed by atoms with van der Waals surface area (Å²) < 4.78 is 11.4. The lowest BCUT2D eigenvalue weighted by atomic mass is 10.0. The Morgan fingerprint density at radius 2 is 2.22 bits per heavy atom. The molecule has 1 N–H and O–H groups in total. The highest BCUT2D eigenvalue weighted by Gasteiger charge is 2.41. The fourth-order valence-electron chi connectivity index (χ4n) is 3.11. The maximum Gasteiger partial charge on any atom is 0.243 e. The molecule has 1 aromatic heterocycles. The van der Waals surface area contributed by atoms with E-state index in [2.05, 4.69) is 15.5 Å². The van der Waals surface area contributed by atoms with Gasteiger partial charge in [-0.3, -0.25) is 0 Å². The molecule has 2 heterocycles. The first kappa shape index (κ1) is 12.1. The number of rotatable bonds is 4. The molecule has 2 aliphatic rings. The summed E-state index contributed by atoms with van der Waals surface area (Å²) in [7, 11) is 0. The third kappa shape index (κ3) is 2.06. The molecule has 1 aromatic rings. The Hall–Kier alpha value is -0.940. The lowest BCUT2D eigenvalue weighted by molar-refractivity contribution is -0.0469. The summed E-state index contributed by atoms with van der Waals surface area (Å²) in [5, 5.41) is 7.57. The van der Waals surface area contributed by atoms with Gasteiger partial charge < -0.3 is 14.6 Å². The summed E-state index contributed by atoms with van der Waals surface area (Å²) in [6.45, 7) is 3.77. The van der Waals surface area contributed by atoms with E-state index >= 15 is 0 Å². The van der Waals surface area contributed by atoms with Crippen LogP contribution < -0.4 is 5.32 Å². The van der Waals surface area contributed by atoms with Crippen molar-refractivity contribution in [3.8, 4) is 0 Å². The van der Waals surface area contributed by atoms with Gasteiger partial charge in [-0.15, -0.1) is 0 Å². The molecule has 0 radical (unpaired) electrons. The SMILES string of the molecule is CCOC1(c2noc(C3CCCN3)n2)CCCC1. The van der Waals surface area contributed by atoms with Gasteiger partial charge in [-0.1, -0.05) is 5.16 Å². The summed E-state index contributed by atoms with van der Waals surface area (Å²) >= 11 is 0. The van der Waals surface area contributed by atoms with Gasteiger partial charge in [0.1, 0.15) is 5.60 Å². The zero-order chi connectivity index (χ0) is 12.4. The molecule has 0 aromatic carbocycles. The van der Waals surface area contributed by atoms with Crippen LogP contribution in [-0.4, -0.2) is 23.3 Å². The van der Waals surface area contributed by atoms with Gasteiger partial charge >= 0.3 is 0 Å². The molecule has 1 aliphatic heterocycles. The number of nitrogens with one attached hydrogen (secondary N) is 1. The zero-order valence-electron chi connectivity index (χ0n) is 10.9. The van der Waals surface area contributed by atoms with E-state index in [0.717, 1.165) is 37.5 Å². The Kier molecular flexibility index (Phi) is 3.35. The van der Waals surface area contributed by atoms with E-state index in [1.54, 1.807) is 0 Å². The normalized spacial score (nSPS) is 26.8. The highest BCUT2D eigenvalue weighted by Crippen LogP contribution is 2.41. The van der Waals surface area contributed by atoms with Crippen LogP contribution in [0, 0.1) is 0 Å². The third-order valence-corrected chi connectivity index (χ3v) is 4.04. The van der Waals surface area contributed by atoms with Crippen LogP contribution in [0.4, 0.5) is 0 Å². The molecular weight excluding hydrogens is 230 g/mol. The van der Waals surface area contributed by atoms with Crippen LogP contribution in [0.15, 0.2) is 4.52 Å². The van der Waals surface area contributed by atoms with Crippen molar-refractivity contribution in [2.75, 3.05) is 13.2 Å². The van der Waals surface area contributed by atoms with E-state index in [9.17, 15) is 0 Å². The minimum Gasteiger partial charge on any atom is -0.367 e. The molecule has 5 heteroatoms. The number of ether oxygens (including phenoxy) is 1. The van der Waals surface area contributed by atoms with Crippen molar-refractivity contribution in [1.82, 2.24) is 15.5 Å². The first-order valence-corrected chi connectivity index (χ1v) is 7.05. The standard InChI is InChI=1S/C13H21N3O2/c1-2-17-13(7-3-4-8-13)12-15-11(18-16-12)10-6-5-9-14-10/h10,14H,2-9H2,1H3. The molecule has 1 atom stereocenters. The molecular formula is C13H21N3O2. The van der Waals surface area contributed by atoms with Crippen LogP contribution in [0.3, 0.4) is 0 Å². The fourth-order valence-corrected chi connectivity index (χ4v) is 3.11. The third-order valence-electron chi connectivity index (χ3n) is 4.04. The van der Waals surface area contributed by atoms with Gasteiger partial charge in [0.15, 0.2) is 0 Å². The van der Waals surface area contributed by atoms with Crippen LogP contribution in [0.25, 0.3) is 0 Å². The molecule has 1 saturated carbocycles. The molecule has 0 bridgehead atoms. The smallest absolute Gasteiger partial charge is 0.243 e. The average molecular weight is 251 g/mol. The number of hydrogen-bond acceptors (Lipinski definition) is 5. The van der Waals surface area contributed by atoms with Crippen molar-refractivity contribution >= 4 is 0 Å². The fraction of sp³-hybridized carbons (Fsp3) is 0.846. The average Bonchev–Trinajstić information content (AvgIpc) is 3.11. The lowest BCUT2D eigenvalue weighted by Gasteiger charge is -2.24. The quantitative estimate of drug-likeness (QED) is 0.889. The molecule has 0 amide bonds. The molecule has 5 nitrogen and oxygen atoms in total. The van der Waals surface area contributed by atoms with Gasteiger partial charge in [0.2, 0.25) is 11.7 Å². The second-order valence-corrected chi connectivity index (χ2v) is 5.24. The van der Waals surface area contributed by atoms with Crippen LogP contribution in [0.5, 0.6) is 0 Å². The topological polar surface area (TPSA) is 60.2 Å². The summed E-state index contributed by atoms with van der Waals surface area (Å²) in [4.78, 5) is 4.60. The Morgan fingerprint density at radius 3 is 2.89 bits per heavy atom. The van der Waals surface area contributed by atoms with Crippen LogP contribution >= 0.6 is 0 Å². The molecule has 100 valence electrons. The monoisotopic (exact) mass is 251 g/mol. The largest absolute Gasteiger partial charge is 0.367 e. The molecule has 0 spiro atoms. The molecule has 1 saturated heterocycles. The van der Waals surface area contributed by atoms with Crippen molar-refractivity contribution in [2.45, 2.75) is 57.1 Å². The highest BCUT2D eigenvalue weighted by molar-refractivity contribution is 5.06. The minimum absolute atomic E-state index is 0.242. The number of nitrogens with zero attached hydrogens (tertiary/aromatic N) is 2. The van der Waals surface area contributed by atoms with E-state index in [1.165, 1.54) is 19.3 Å². The predicted octanol–water partition coefficient (Wildman–Crippen LogP) is 2.30. The molecule has 3 rings (SSSR count).